The number of rotatable bonds is 19. The van der Waals surface area contributed by atoms with Crippen LogP contribution in [0.1, 0.15) is 122 Å². The molecule has 0 aromatic rings. The van der Waals surface area contributed by atoms with Crippen molar-refractivity contribution in [1.29, 1.82) is 0 Å². The van der Waals surface area contributed by atoms with Crippen molar-refractivity contribution in [3.63, 3.8) is 0 Å². The molecule has 0 radical (unpaired) electrons. The molecule has 0 amide bonds. The SMILES string of the molecule is CCCCCCCCC=CCCCCCCCC(CC(=O)OC)O[C@H]1CCCCO1. The molecular formula is C26H48O4. The van der Waals surface area contributed by atoms with Crippen LogP contribution >= 0.6 is 0 Å². The summed E-state index contributed by atoms with van der Waals surface area (Å²) in [7, 11) is 1.44. The fourth-order valence-electron chi connectivity index (χ4n) is 3.96. The van der Waals surface area contributed by atoms with Gasteiger partial charge in [0.05, 0.1) is 19.6 Å². The summed E-state index contributed by atoms with van der Waals surface area (Å²) < 4.78 is 16.6. The molecule has 0 spiro atoms. The Bertz CT molecular complexity index is 415. The molecule has 1 aliphatic heterocycles. The maximum absolute atomic E-state index is 11.7. The van der Waals surface area contributed by atoms with Gasteiger partial charge in [-0.25, -0.2) is 0 Å². The first-order chi connectivity index (χ1) is 14.8. The van der Waals surface area contributed by atoms with Crippen molar-refractivity contribution in [1.82, 2.24) is 0 Å². The van der Waals surface area contributed by atoms with Crippen molar-refractivity contribution in [3.8, 4) is 0 Å². The van der Waals surface area contributed by atoms with Crippen molar-refractivity contribution < 1.29 is 19.0 Å². The molecular weight excluding hydrogens is 376 g/mol. The minimum atomic E-state index is -0.191. The van der Waals surface area contributed by atoms with Crippen molar-refractivity contribution in [3.05, 3.63) is 12.2 Å². The maximum Gasteiger partial charge on any atom is 0.308 e. The Labute approximate surface area is 186 Å². The van der Waals surface area contributed by atoms with Crippen LogP contribution in [0, 0.1) is 0 Å². The Morgan fingerprint density at radius 3 is 2.17 bits per heavy atom. The van der Waals surface area contributed by atoms with E-state index in [0.29, 0.717) is 6.42 Å². The third kappa shape index (κ3) is 15.9. The number of methoxy groups -OCH3 is 1. The molecule has 1 unspecified atom stereocenters. The Morgan fingerprint density at radius 2 is 1.57 bits per heavy atom. The monoisotopic (exact) mass is 424 g/mol. The number of allylic oxidation sites excluding steroid dienone is 2. The number of unbranched alkanes of at least 4 members (excludes halogenated alkanes) is 11. The van der Waals surface area contributed by atoms with E-state index >= 15 is 0 Å². The predicted molar refractivity (Wildman–Crippen MR) is 125 cm³/mol. The van der Waals surface area contributed by atoms with Gasteiger partial charge in [0.2, 0.25) is 0 Å². The van der Waals surface area contributed by atoms with Crippen molar-refractivity contribution >= 4 is 5.97 Å². The fourth-order valence-corrected chi connectivity index (χ4v) is 3.96. The normalized spacial score (nSPS) is 18.0. The largest absolute Gasteiger partial charge is 0.469 e. The van der Waals surface area contributed by atoms with Gasteiger partial charge in [-0.05, 0) is 51.4 Å². The van der Waals surface area contributed by atoms with Crippen LogP contribution in [-0.2, 0) is 19.0 Å². The van der Waals surface area contributed by atoms with E-state index in [4.69, 9.17) is 14.2 Å². The highest BCUT2D eigenvalue weighted by atomic mass is 16.7. The topological polar surface area (TPSA) is 44.8 Å². The van der Waals surface area contributed by atoms with Crippen LogP contribution in [-0.4, -0.2) is 32.1 Å². The molecule has 4 nitrogen and oxygen atoms in total. The molecule has 1 heterocycles. The lowest BCUT2D eigenvalue weighted by Crippen LogP contribution is -2.29. The lowest BCUT2D eigenvalue weighted by Gasteiger charge is -2.27. The molecule has 0 saturated carbocycles. The van der Waals surface area contributed by atoms with Crippen molar-refractivity contribution in [2.24, 2.45) is 0 Å². The minimum absolute atomic E-state index is 0.0783. The van der Waals surface area contributed by atoms with Crippen LogP contribution in [0.2, 0.25) is 0 Å². The second-order valence-corrected chi connectivity index (χ2v) is 8.71. The van der Waals surface area contributed by atoms with Gasteiger partial charge >= 0.3 is 5.97 Å². The molecule has 1 fully saturated rings. The zero-order valence-electron chi connectivity index (χ0n) is 19.9. The molecule has 0 aromatic carbocycles. The van der Waals surface area contributed by atoms with Gasteiger partial charge in [-0.15, -0.1) is 0 Å². The Balaban J connectivity index is 2.00. The summed E-state index contributed by atoms with van der Waals surface area (Å²) in [6, 6.07) is 0. The zero-order chi connectivity index (χ0) is 21.7. The van der Waals surface area contributed by atoms with Gasteiger partial charge in [-0.1, -0.05) is 76.9 Å². The molecule has 0 aliphatic carbocycles. The van der Waals surface area contributed by atoms with Crippen LogP contribution < -0.4 is 0 Å². The van der Waals surface area contributed by atoms with Gasteiger partial charge in [0.1, 0.15) is 0 Å². The van der Waals surface area contributed by atoms with Crippen molar-refractivity contribution in [2.45, 2.75) is 135 Å². The Hall–Kier alpha value is -0.870. The fraction of sp³-hybridized carbons (Fsp3) is 0.885. The van der Waals surface area contributed by atoms with Gasteiger partial charge in [-0.3, -0.25) is 4.79 Å². The standard InChI is InChI=1S/C26H48O4/c1-3-4-5-6-7-8-9-10-11-12-13-14-15-16-17-20-24(23-25(27)28-2)30-26-21-18-19-22-29-26/h10-11,24,26H,3-9,12-23H2,1-2H3/t24?,26-/m0/s1. The second kappa shape index (κ2) is 20.1. The molecule has 2 atom stereocenters. The number of hydrogen-bond acceptors (Lipinski definition) is 4. The van der Waals surface area contributed by atoms with Crippen LogP contribution in [0.15, 0.2) is 12.2 Å². The number of carbonyl (C=O) groups is 1. The summed E-state index contributed by atoms with van der Waals surface area (Å²) in [5.74, 6) is -0.191. The lowest BCUT2D eigenvalue weighted by molar-refractivity contribution is -0.193. The molecule has 1 saturated heterocycles. The summed E-state index contributed by atoms with van der Waals surface area (Å²) in [6.45, 7) is 3.04. The second-order valence-electron chi connectivity index (χ2n) is 8.71. The minimum Gasteiger partial charge on any atom is -0.469 e. The number of ether oxygens (including phenoxy) is 3. The summed E-state index contributed by atoms with van der Waals surface area (Å²) in [5.41, 5.74) is 0. The van der Waals surface area contributed by atoms with Gasteiger partial charge in [-0.2, -0.15) is 0 Å². The van der Waals surface area contributed by atoms with E-state index in [0.717, 1.165) is 38.7 Å². The number of hydrogen-bond donors (Lipinski definition) is 0. The Kier molecular flexibility index (Phi) is 18.2. The molecule has 176 valence electrons. The van der Waals surface area contributed by atoms with E-state index in [-0.39, 0.29) is 18.4 Å². The smallest absolute Gasteiger partial charge is 0.308 e. The maximum atomic E-state index is 11.7. The van der Waals surface area contributed by atoms with E-state index in [9.17, 15) is 4.79 Å². The van der Waals surface area contributed by atoms with Crippen molar-refractivity contribution in [2.75, 3.05) is 13.7 Å². The molecule has 0 aromatic heterocycles. The van der Waals surface area contributed by atoms with E-state index in [1.807, 2.05) is 0 Å². The molecule has 0 bridgehead atoms. The van der Waals surface area contributed by atoms with Crippen LogP contribution in [0.3, 0.4) is 0 Å². The third-order valence-electron chi connectivity index (χ3n) is 5.89. The average Bonchev–Trinajstić information content (AvgIpc) is 2.77. The average molecular weight is 425 g/mol. The van der Waals surface area contributed by atoms with Gasteiger partial charge in [0, 0.05) is 6.61 Å². The van der Waals surface area contributed by atoms with E-state index in [1.54, 1.807) is 0 Å². The molecule has 1 rings (SSSR count). The highest BCUT2D eigenvalue weighted by molar-refractivity contribution is 5.69. The van der Waals surface area contributed by atoms with E-state index < -0.39 is 0 Å². The number of esters is 1. The lowest BCUT2D eigenvalue weighted by atomic mass is 10.0. The van der Waals surface area contributed by atoms with E-state index in [1.165, 1.54) is 84.2 Å². The summed E-state index contributed by atoms with van der Waals surface area (Å²) in [5, 5.41) is 0. The van der Waals surface area contributed by atoms with Crippen LogP contribution in [0.25, 0.3) is 0 Å². The summed E-state index contributed by atoms with van der Waals surface area (Å²) in [6.07, 6.45) is 25.8. The van der Waals surface area contributed by atoms with Crippen LogP contribution in [0.5, 0.6) is 0 Å². The molecule has 30 heavy (non-hydrogen) atoms. The molecule has 4 heteroatoms. The Morgan fingerprint density at radius 1 is 0.933 bits per heavy atom. The highest BCUT2D eigenvalue weighted by Gasteiger charge is 2.22. The van der Waals surface area contributed by atoms with Crippen LogP contribution in [0.4, 0.5) is 0 Å². The molecule has 0 N–H and O–H groups in total. The first-order valence-electron chi connectivity index (χ1n) is 12.7. The molecule has 1 aliphatic rings. The highest BCUT2D eigenvalue weighted by Crippen LogP contribution is 2.20. The first kappa shape index (κ1) is 27.2. The van der Waals surface area contributed by atoms with Gasteiger partial charge in [0.15, 0.2) is 6.29 Å². The first-order valence-corrected chi connectivity index (χ1v) is 12.7. The quantitative estimate of drug-likeness (QED) is 0.122. The van der Waals surface area contributed by atoms with Gasteiger partial charge < -0.3 is 14.2 Å². The summed E-state index contributed by atoms with van der Waals surface area (Å²) >= 11 is 0. The zero-order valence-corrected chi connectivity index (χ0v) is 19.9. The van der Waals surface area contributed by atoms with Gasteiger partial charge in [0.25, 0.3) is 0 Å². The van der Waals surface area contributed by atoms with E-state index in [2.05, 4.69) is 19.1 Å². The predicted octanol–water partition coefficient (Wildman–Crippen LogP) is 7.50. The third-order valence-corrected chi connectivity index (χ3v) is 5.89. The summed E-state index contributed by atoms with van der Waals surface area (Å²) in [4.78, 5) is 11.7. The number of carbonyl (C=O) groups excluding carboxylic acids is 1.